The number of benzene rings is 2. The molecule has 7 nitrogen and oxygen atoms in total. The third-order valence-corrected chi connectivity index (χ3v) is 4.67. The number of aromatic nitrogens is 2. The lowest BCUT2D eigenvalue weighted by Gasteiger charge is -2.18. The second kappa shape index (κ2) is 9.23. The van der Waals surface area contributed by atoms with Crippen molar-refractivity contribution in [3.63, 3.8) is 0 Å². The molecule has 0 radical (unpaired) electrons. The van der Waals surface area contributed by atoms with Gasteiger partial charge in [-0.3, -0.25) is 4.79 Å². The molecule has 1 aromatic heterocycles. The third-order valence-electron chi connectivity index (χ3n) is 4.67. The minimum atomic E-state index is 0.0332. The van der Waals surface area contributed by atoms with Crippen LogP contribution in [0.1, 0.15) is 17.9 Å². The number of methoxy groups -OCH3 is 1. The predicted molar refractivity (Wildman–Crippen MR) is 112 cm³/mol. The topological polar surface area (TPSA) is 71.7 Å². The van der Waals surface area contributed by atoms with Crippen LogP contribution in [0.3, 0.4) is 0 Å². The summed E-state index contributed by atoms with van der Waals surface area (Å²) >= 11 is 0. The molecule has 0 aliphatic carbocycles. The van der Waals surface area contributed by atoms with Crippen molar-refractivity contribution < 1.29 is 14.1 Å². The summed E-state index contributed by atoms with van der Waals surface area (Å²) in [7, 11) is 7.43. The lowest BCUT2D eigenvalue weighted by molar-refractivity contribution is -0.130. The maximum atomic E-state index is 12.5. The molecule has 0 saturated carbocycles. The van der Waals surface area contributed by atoms with Gasteiger partial charge in [0.1, 0.15) is 5.75 Å². The molecular weight excluding hydrogens is 368 g/mol. The van der Waals surface area contributed by atoms with E-state index >= 15 is 0 Å². The Bertz CT molecular complexity index is 933. The van der Waals surface area contributed by atoms with Crippen LogP contribution in [0.25, 0.3) is 11.4 Å². The summed E-state index contributed by atoms with van der Waals surface area (Å²) in [6, 6.07) is 15.6. The number of amides is 1. The first-order valence-corrected chi connectivity index (χ1v) is 9.43. The maximum absolute atomic E-state index is 12.5. The Kier molecular flexibility index (Phi) is 6.49. The molecule has 0 N–H and O–H groups in total. The number of hydrogen-bond acceptors (Lipinski definition) is 6. The van der Waals surface area contributed by atoms with E-state index in [1.165, 1.54) is 0 Å². The minimum absolute atomic E-state index is 0.0332. The smallest absolute Gasteiger partial charge is 0.227 e. The Hall–Kier alpha value is -3.35. The van der Waals surface area contributed by atoms with Crippen LogP contribution in [0, 0.1) is 0 Å². The average Bonchev–Trinajstić information content (AvgIpc) is 3.21. The van der Waals surface area contributed by atoms with Crippen LogP contribution in [0.15, 0.2) is 53.1 Å². The summed E-state index contributed by atoms with van der Waals surface area (Å²) < 4.78 is 10.4. The van der Waals surface area contributed by atoms with E-state index in [9.17, 15) is 4.79 Å². The fourth-order valence-electron chi connectivity index (χ4n) is 2.88. The van der Waals surface area contributed by atoms with Gasteiger partial charge in [0.05, 0.1) is 7.11 Å². The first kappa shape index (κ1) is 20.4. The monoisotopic (exact) mass is 394 g/mol. The molecular formula is C22H26N4O3. The van der Waals surface area contributed by atoms with Crippen molar-refractivity contribution in [1.82, 2.24) is 15.0 Å². The molecule has 0 aliphatic rings. The zero-order valence-corrected chi connectivity index (χ0v) is 17.3. The van der Waals surface area contributed by atoms with Gasteiger partial charge in [0.25, 0.3) is 0 Å². The molecule has 0 aliphatic heterocycles. The van der Waals surface area contributed by atoms with E-state index in [0.29, 0.717) is 31.1 Å². The van der Waals surface area contributed by atoms with Gasteiger partial charge >= 0.3 is 0 Å². The molecule has 0 unspecified atom stereocenters. The minimum Gasteiger partial charge on any atom is -0.497 e. The molecule has 0 bridgehead atoms. The number of nitrogens with zero attached hydrogens (tertiary/aromatic N) is 4. The van der Waals surface area contributed by atoms with Crippen molar-refractivity contribution in [2.45, 2.75) is 19.4 Å². The number of rotatable bonds is 8. The van der Waals surface area contributed by atoms with E-state index < -0.39 is 0 Å². The zero-order valence-electron chi connectivity index (χ0n) is 17.3. The second-order valence-electron chi connectivity index (χ2n) is 7.05. The number of carbonyl (C=O) groups is 1. The van der Waals surface area contributed by atoms with Gasteiger partial charge in [-0.25, -0.2) is 0 Å². The molecule has 7 heteroatoms. The van der Waals surface area contributed by atoms with E-state index in [1.807, 2.05) is 67.5 Å². The number of aryl methyl sites for hydroxylation is 1. The average molecular weight is 394 g/mol. The van der Waals surface area contributed by atoms with Crippen LogP contribution in [0.2, 0.25) is 0 Å². The van der Waals surface area contributed by atoms with Crippen LogP contribution in [-0.2, 0) is 17.8 Å². The Labute approximate surface area is 170 Å². The highest BCUT2D eigenvalue weighted by Gasteiger charge is 2.14. The van der Waals surface area contributed by atoms with E-state index in [4.69, 9.17) is 9.26 Å². The van der Waals surface area contributed by atoms with Crippen molar-refractivity contribution in [2.24, 2.45) is 0 Å². The molecule has 0 atom stereocenters. The molecule has 0 spiro atoms. The van der Waals surface area contributed by atoms with E-state index in [2.05, 4.69) is 10.1 Å². The van der Waals surface area contributed by atoms with Crippen LogP contribution < -0.4 is 9.64 Å². The highest BCUT2D eigenvalue weighted by molar-refractivity contribution is 5.76. The predicted octanol–water partition coefficient (Wildman–Crippen LogP) is 3.40. The molecule has 1 amide bonds. The number of hydrogen-bond donors (Lipinski definition) is 0. The van der Waals surface area contributed by atoms with E-state index in [0.717, 1.165) is 22.6 Å². The summed E-state index contributed by atoms with van der Waals surface area (Å²) in [6.45, 7) is 0.563. The Morgan fingerprint density at radius 1 is 1.03 bits per heavy atom. The normalized spacial score (nSPS) is 10.6. The first-order valence-electron chi connectivity index (χ1n) is 9.43. The molecule has 152 valence electrons. The highest BCUT2D eigenvalue weighted by atomic mass is 16.5. The summed E-state index contributed by atoms with van der Waals surface area (Å²) in [4.78, 5) is 20.6. The van der Waals surface area contributed by atoms with Gasteiger partial charge in [-0.1, -0.05) is 17.3 Å². The second-order valence-corrected chi connectivity index (χ2v) is 7.05. The number of carbonyl (C=O) groups excluding carboxylic acids is 1. The van der Waals surface area contributed by atoms with Crippen molar-refractivity contribution in [1.29, 1.82) is 0 Å². The zero-order chi connectivity index (χ0) is 20.8. The van der Waals surface area contributed by atoms with Gasteiger partial charge < -0.3 is 19.1 Å². The summed E-state index contributed by atoms with van der Waals surface area (Å²) in [5.41, 5.74) is 3.06. The molecule has 3 rings (SSSR count). The van der Waals surface area contributed by atoms with Gasteiger partial charge in [-0.15, -0.1) is 0 Å². The van der Waals surface area contributed by atoms with Gasteiger partial charge in [-0.2, -0.15) is 4.98 Å². The maximum Gasteiger partial charge on any atom is 0.227 e. The highest BCUT2D eigenvalue weighted by Crippen LogP contribution is 2.20. The summed E-state index contributed by atoms with van der Waals surface area (Å²) in [5, 5.41) is 4.00. The fraction of sp³-hybridized carbons (Fsp3) is 0.318. The standard InChI is InChI=1S/C22H26N4O3/c1-25(2)18-9-5-16(6-10-18)15-26(3)21(27)14-13-20-23-22(24-29-20)17-7-11-19(28-4)12-8-17/h5-12H,13-15H2,1-4H3. The first-order chi connectivity index (χ1) is 14.0. The molecule has 0 saturated heterocycles. The van der Waals surface area contributed by atoms with Gasteiger partial charge in [-0.05, 0) is 42.0 Å². The molecule has 3 aromatic rings. The van der Waals surface area contributed by atoms with Crippen LogP contribution >= 0.6 is 0 Å². The van der Waals surface area contributed by atoms with Gasteiger partial charge in [0.2, 0.25) is 17.6 Å². The summed E-state index contributed by atoms with van der Waals surface area (Å²) in [5.74, 6) is 1.76. The quantitative estimate of drug-likeness (QED) is 0.583. The van der Waals surface area contributed by atoms with Crippen LogP contribution in [-0.4, -0.2) is 49.2 Å². The Morgan fingerprint density at radius 2 is 1.72 bits per heavy atom. The Balaban J connectivity index is 1.52. The number of anilines is 1. The van der Waals surface area contributed by atoms with Crippen molar-refractivity contribution in [3.05, 3.63) is 60.0 Å². The lowest BCUT2D eigenvalue weighted by Crippen LogP contribution is -2.26. The SMILES string of the molecule is COc1ccc(-c2noc(CCC(=O)N(C)Cc3ccc(N(C)C)cc3)n2)cc1. The van der Waals surface area contributed by atoms with Crippen molar-refractivity contribution in [3.8, 4) is 17.1 Å². The largest absolute Gasteiger partial charge is 0.497 e. The van der Waals surface area contributed by atoms with Crippen LogP contribution in [0.5, 0.6) is 5.75 Å². The third kappa shape index (κ3) is 5.34. The number of ether oxygens (including phenoxy) is 1. The molecule has 2 aromatic carbocycles. The molecule has 0 fully saturated rings. The molecule has 1 heterocycles. The van der Waals surface area contributed by atoms with E-state index in [-0.39, 0.29) is 5.91 Å². The van der Waals surface area contributed by atoms with Gasteiger partial charge in [0.15, 0.2) is 0 Å². The van der Waals surface area contributed by atoms with E-state index in [1.54, 1.807) is 19.1 Å². The molecule has 29 heavy (non-hydrogen) atoms. The summed E-state index contributed by atoms with van der Waals surface area (Å²) in [6.07, 6.45) is 0.725. The van der Waals surface area contributed by atoms with Crippen LogP contribution in [0.4, 0.5) is 5.69 Å². The lowest BCUT2D eigenvalue weighted by atomic mass is 10.2. The Morgan fingerprint density at radius 3 is 2.34 bits per heavy atom. The van der Waals surface area contributed by atoms with Crippen molar-refractivity contribution in [2.75, 3.05) is 33.2 Å². The fourth-order valence-corrected chi connectivity index (χ4v) is 2.88. The van der Waals surface area contributed by atoms with Gasteiger partial charge in [0, 0.05) is 51.8 Å². The van der Waals surface area contributed by atoms with Crippen molar-refractivity contribution >= 4 is 11.6 Å².